The smallest absolute Gasteiger partial charge is 0.305 e. The zero-order valence-electron chi connectivity index (χ0n) is 12.0. The van der Waals surface area contributed by atoms with Crippen LogP contribution in [0.1, 0.15) is 12.2 Å². The second-order valence-corrected chi connectivity index (χ2v) is 5.37. The van der Waals surface area contributed by atoms with Gasteiger partial charge in [0.2, 0.25) is 0 Å². The van der Waals surface area contributed by atoms with Crippen LogP contribution in [0.2, 0.25) is 0 Å². The van der Waals surface area contributed by atoms with Crippen LogP contribution in [0.4, 0.5) is 0 Å². The van der Waals surface area contributed by atoms with Crippen molar-refractivity contribution in [1.29, 1.82) is 0 Å². The molecule has 0 amide bonds. The van der Waals surface area contributed by atoms with Crippen LogP contribution >= 0.6 is 0 Å². The number of hydrogen-bond donors (Lipinski definition) is 1. The van der Waals surface area contributed by atoms with Gasteiger partial charge in [-0.05, 0) is 12.1 Å². The molecule has 112 valence electrons. The van der Waals surface area contributed by atoms with E-state index in [-0.39, 0.29) is 12.5 Å². The number of ether oxygens (including phenoxy) is 1. The van der Waals surface area contributed by atoms with Gasteiger partial charge in [-0.1, -0.05) is 12.1 Å². The van der Waals surface area contributed by atoms with E-state index < -0.39 is 5.97 Å². The topological polar surface area (TPSA) is 67.6 Å². The van der Waals surface area contributed by atoms with Crippen LogP contribution in [0.25, 0.3) is 11.0 Å². The minimum absolute atomic E-state index is 0.0870. The number of carboxylic acids is 1. The van der Waals surface area contributed by atoms with E-state index in [2.05, 4.69) is 14.5 Å². The van der Waals surface area contributed by atoms with Crippen LogP contribution in [-0.2, 0) is 23.1 Å². The number of carboxylic acid groups (broad SMARTS) is 1. The Labute approximate surface area is 122 Å². The molecular formula is C15H19N3O3. The first-order chi connectivity index (χ1) is 10.1. The summed E-state index contributed by atoms with van der Waals surface area (Å²) in [6, 6.07) is 7.92. The highest BCUT2D eigenvalue weighted by molar-refractivity contribution is 5.75. The molecule has 0 unspecified atom stereocenters. The number of aryl methyl sites for hydroxylation is 1. The van der Waals surface area contributed by atoms with Crippen molar-refractivity contribution in [3.05, 3.63) is 30.1 Å². The number of carbonyl (C=O) groups is 1. The molecule has 0 bridgehead atoms. The summed E-state index contributed by atoms with van der Waals surface area (Å²) in [6.45, 7) is 2.49. The number of aliphatic carboxylic acids is 1. The molecule has 0 radical (unpaired) electrons. The Bertz CT molecular complexity index is 653. The highest BCUT2D eigenvalue weighted by Gasteiger charge is 2.26. The van der Waals surface area contributed by atoms with E-state index in [4.69, 9.17) is 9.84 Å². The summed E-state index contributed by atoms with van der Waals surface area (Å²) >= 11 is 0. The van der Waals surface area contributed by atoms with E-state index in [1.165, 1.54) is 0 Å². The Morgan fingerprint density at radius 3 is 3.05 bits per heavy atom. The number of benzene rings is 1. The molecule has 2 aromatic rings. The quantitative estimate of drug-likeness (QED) is 0.917. The summed E-state index contributed by atoms with van der Waals surface area (Å²) < 4.78 is 7.48. The fourth-order valence-electron chi connectivity index (χ4n) is 2.81. The van der Waals surface area contributed by atoms with Crippen molar-refractivity contribution in [3.8, 4) is 0 Å². The molecule has 21 heavy (non-hydrogen) atoms. The standard InChI is InChI=1S/C15H19N3O3/c1-17-13-5-3-2-4-12(13)16-14(17)9-18-6-7-21-10-11(18)8-15(19)20/h2-5,11H,6-10H2,1H3,(H,19,20)/t11-/m0/s1. The number of hydrogen-bond acceptors (Lipinski definition) is 4. The maximum atomic E-state index is 11.0. The van der Waals surface area contributed by atoms with E-state index in [0.29, 0.717) is 19.8 Å². The normalized spacial score (nSPS) is 20.0. The summed E-state index contributed by atoms with van der Waals surface area (Å²) in [7, 11) is 2.00. The largest absolute Gasteiger partial charge is 0.481 e. The number of imidazole rings is 1. The molecule has 1 aromatic heterocycles. The second-order valence-electron chi connectivity index (χ2n) is 5.37. The van der Waals surface area contributed by atoms with Gasteiger partial charge in [-0.25, -0.2) is 4.98 Å². The number of para-hydroxylation sites is 2. The van der Waals surface area contributed by atoms with Gasteiger partial charge in [-0.3, -0.25) is 9.69 Å². The molecule has 1 saturated heterocycles. The predicted octanol–water partition coefficient (Wildman–Crippen LogP) is 1.25. The molecule has 6 nitrogen and oxygen atoms in total. The Morgan fingerprint density at radius 2 is 2.29 bits per heavy atom. The van der Waals surface area contributed by atoms with Gasteiger partial charge in [-0.15, -0.1) is 0 Å². The monoisotopic (exact) mass is 289 g/mol. The summed E-state index contributed by atoms with van der Waals surface area (Å²) in [6.07, 6.45) is 0.101. The fraction of sp³-hybridized carbons (Fsp3) is 0.467. The molecule has 3 rings (SSSR count). The zero-order chi connectivity index (χ0) is 14.8. The van der Waals surface area contributed by atoms with Crippen molar-refractivity contribution in [3.63, 3.8) is 0 Å². The lowest BCUT2D eigenvalue weighted by atomic mass is 10.1. The van der Waals surface area contributed by atoms with Gasteiger partial charge in [0, 0.05) is 19.6 Å². The number of morpholine rings is 1. The lowest BCUT2D eigenvalue weighted by Crippen LogP contribution is -2.46. The van der Waals surface area contributed by atoms with Crippen molar-refractivity contribution >= 4 is 17.0 Å². The summed E-state index contributed by atoms with van der Waals surface area (Å²) in [5, 5.41) is 9.02. The Balaban J connectivity index is 1.82. The molecule has 1 aliphatic heterocycles. The predicted molar refractivity (Wildman–Crippen MR) is 78.0 cm³/mol. The molecule has 1 N–H and O–H groups in total. The lowest BCUT2D eigenvalue weighted by molar-refractivity contribution is -0.140. The number of fused-ring (bicyclic) bond motifs is 1. The fourth-order valence-corrected chi connectivity index (χ4v) is 2.81. The first-order valence-electron chi connectivity index (χ1n) is 7.09. The van der Waals surface area contributed by atoms with E-state index >= 15 is 0 Å². The molecule has 0 saturated carbocycles. The summed E-state index contributed by atoms with van der Waals surface area (Å²) in [5.41, 5.74) is 2.06. The van der Waals surface area contributed by atoms with Crippen LogP contribution in [0.3, 0.4) is 0 Å². The minimum atomic E-state index is -0.791. The van der Waals surface area contributed by atoms with Crippen LogP contribution in [0.15, 0.2) is 24.3 Å². The zero-order valence-corrected chi connectivity index (χ0v) is 12.0. The van der Waals surface area contributed by atoms with Gasteiger partial charge in [0.05, 0.1) is 37.2 Å². The molecule has 1 fully saturated rings. The molecule has 1 aliphatic rings. The van der Waals surface area contributed by atoms with E-state index in [0.717, 1.165) is 23.4 Å². The Morgan fingerprint density at radius 1 is 1.48 bits per heavy atom. The van der Waals surface area contributed by atoms with Crippen LogP contribution in [-0.4, -0.2) is 51.3 Å². The number of rotatable bonds is 4. The van der Waals surface area contributed by atoms with Gasteiger partial charge < -0.3 is 14.4 Å². The maximum absolute atomic E-state index is 11.0. The van der Waals surface area contributed by atoms with E-state index in [1.54, 1.807) is 0 Å². The highest BCUT2D eigenvalue weighted by atomic mass is 16.5. The molecule has 0 spiro atoms. The third-order valence-corrected chi connectivity index (χ3v) is 3.98. The van der Waals surface area contributed by atoms with Gasteiger partial charge in [0.15, 0.2) is 0 Å². The van der Waals surface area contributed by atoms with Crippen LogP contribution in [0.5, 0.6) is 0 Å². The molecule has 6 heteroatoms. The van der Waals surface area contributed by atoms with Crippen molar-refractivity contribution in [1.82, 2.24) is 14.5 Å². The van der Waals surface area contributed by atoms with Crippen molar-refractivity contribution in [2.45, 2.75) is 19.0 Å². The van der Waals surface area contributed by atoms with Gasteiger partial charge in [0.1, 0.15) is 5.82 Å². The molecule has 0 aliphatic carbocycles. The molecule has 1 aromatic carbocycles. The Kier molecular flexibility index (Phi) is 3.90. The highest BCUT2D eigenvalue weighted by Crippen LogP contribution is 2.18. The third-order valence-electron chi connectivity index (χ3n) is 3.98. The van der Waals surface area contributed by atoms with Crippen molar-refractivity contribution in [2.24, 2.45) is 7.05 Å². The second kappa shape index (κ2) is 5.83. The van der Waals surface area contributed by atoms with Crippen molar-refractivity contribution < 1.29 is 14.6 Å². The van der Waals surface area contributed by atoms with E-state index in [9.17, 15) is 4.79 Å². The average Bonchev–Trinajstić information content (AvgIpc) is 2.78. The lowest BCUT2D eigenvalue weighted by Gasteiger charge is -2.34. The SMILES string of the molecule is Cn1c(CN2CCOC[C@@H]2CC(=O)O)nc2ccccc21. The van der Waals surface area contributed by atoms with Gasteiger partial charge >= 0.3 is 5.97 Å². The minimum Gasteiger partial charge on any atom is -0.481 e. The first-order valence-corrected chi connectivity index (χ1v) is 7.09. The molecule has 2 heterocycles. The number of aromatic nitrogens is 2. The van der Waals surface area contributed by atoms with E-state index in [1.807, 2.05) is 31.3 Å². The Hall–Kier alpha value is -1.92. The first kappa shape index (κ1) is 14.0. The summed E-state index contributed by atoms with van der Waals surface area (Å²) in [5.74, 6) is 0.161. The number of nitrogens with zero attached hydrogens (tertiary/aromatic N) is 3. The maximum Gasteiger partial charge on any atom is 0.305 e. The third kappa shape index (κ3) is 2.91. The summed E-state index contributed by atoms with van der Waals surface area (Å²) in [4.78, 5) is 17.8. The van der Waals surface area contributed by atoms with Crippen LogP contribution < -0.4 is 0 Å². The van der Waals surface area contributed by atoms with Gasteiger partial charge in [0.25, 0.3) is 0 Å². The van der Waals surface area contributed by atoms with Gasteiger partial charge in [-0.2, -0.15) is 0 Å². The molecule has 1 atom stereocenters. The average molecular weight is 289 g/mol. The van der Waals surface area contributed by atoms with Crippen LogP contribution in [0, 0.1) is 0 Å². The molecular weight excluding hydrogens is 270 g/mol. The van der Waals surface area contributed by atoms with Crippen molar-refractivity contribution in [2.75, 3.05) is 19.8 Å².